The fraction of sp³-hybridized carbons (Fsp3) is 0.714. The number of sulfonamides is 1. The van der Waals surface area contributed by atoms with E-state index < -0.39 is 81.6 Å². The minimum atomic E-state index is -3.53. The van der Waals surface area contributed by atoms with Gasteiger partial charge in [-0.05, 0) is 46.1 Å². The summed E-state index contributed by atoms with van der Waals surface area (Å²) in [4.78, 5) is 56.3. The molecule has 288 valence electrons. The highest BCUT2D eigenvalue weighted by Crippen LogP contribution is 2.65. The van der Waals surface area contributed by atoms with Crippen molar-refractivity contribution >= 4 is 49.7 Å². The number of rotatable bonds is 14. The Labute approximate surface area is 309 Å². The molecule has 3 rings (SSSR count). The van der Waals surface area contributed by atoms with Crippen LogP contribution in [0.15, 0.2) is 28.7 Å². The van der Waals surface area contributed by atoms with E-state index in [0.29, 0.717) is 6.42 Å². The van der Waals surface area contributed by atoms with Crippen LogP contribution >= 0.6 is 15.9 Å². The molecule has 2 aliphatic rings. The summed E-state index contributed by atoms with van der Waals surface area (Å²) in [5, 5.41) is 10.8. The number of carbonyl (C=O) groups excluding carboxylic acids is 4. The molecule has 16 heteroatoms. The maximum absolute atomic E-state index is 14.3. The highest BCUT2D eigenvalue weighted by molar-refractivity contribution is 9.10. The number of carbonyl (C=O) groups is 4. The van der Waals surface area contributed by atoms with Crippen molar-refractivity contribution in [3.8, 4) is 0 Å². The number of urea groups is 1. The van der Waals surface area contributed by atoms with E-state index in [-0.39, 0.29) is 36.9 Å². The van der Waals surface area contributed by atoms with Crippen molar-refractivity contribution in [1.29, 1.82) is 0 Å². The molecule has 4 N–H and O–H groups in total. The van der Waals surface area contributed by atoms with Crippen LogP contribution in [0, 0.1) is 28.1 Å². The Bertz CT molecular complexity index is 1560. The summed E-state index contributed by atoms with van der Waals surface area (Å²) in [5.41, 5.74) is -0.775. The Morgan fingerprint density at radius 3 is 2.16 bits per heavy atom. The number of hydrogen-bond acceptors (Lipinski definition) is 6. The van der Waals surface area contributed by atoms with E-state index in [0.717, 1.165) is 20.6 Å². The van der Waals surface area contributed by atoms with Crippen LogP contribution in [0.4, 0.5) is 13.6 Å². The van der Waals surface area contributed by atoms with Gasteiger partial charge in [0.15, 0.2) is 0 Å². The molecule has 1 aliphatic heterocycles. The molecule has 12 nitrogen and oxygen atoms in total. The van der Waals surface area contributed by atoms with Gasteiger partial charge in [-0.1, -0.05) is 89.5 Å². The monoisotopic (exact) mass is 804 g/mol. The molecular formula is C35H55BrF2N6O6S. The quantitative estimate of drug-likeness (QED) is 0.225. The summed E-state index contributed by atoms with van der Waals surface area (Å²) >= 11 is 3.45. The summed E-state index contributed by atoms with van der Waals surface area (Å²) in [6, 6.07) is 2.42. The van der Waals surface area contributed by atoms with Gasteiger partial charge in [-0.25, -0.2) is 26.3 Å². The molecular weight excluding hydrogens is 750 g/mol. The molecule has 1 aliphatic carbocycles. The van der Waals surface area contributed by atoms with Crippen molar-refractivity contribution in [2.24, 2.45) is 28.1 Å². The average Bonchev–Trinajstić information content (AvgIpc) is 3.29. The summed E-state index contributed by atoms with van der Waals surface area (Å²) < 4.78 is 53.6. The van der Waals surface area contributed by atoms with Gasteiger partial charge in [-0.15, -0.1) is 0 Å². The first-order valence-corrected chi connectivity index (χ1v) is 19.8. The summed E-state index contributed by atoms with van der Waals surface area (Å²) in [6.07, 6.45) is -2.27. The van der Waals surface area contributed by atoms with Crippen molar-refractivity contribution in [2.75, 3.05) is 32.9 Å². The topological polar surface area (TPSA) is 157 Å². The third kappa shape index (κ3) is 10.8. The van der Waals surface area contributed by atoms with E-state index in [2.05, 4.69) is 37.2 Å². The van der Waals surface area contributed by atoms with Crippen LogP contribution in [0.5, 0.6) is 0 Å². The summed E-state index contributed by atoms with van der Waals surface area (Å²) in [5.74, 6) is -2.31. The van der Waals surface area contributed by atoms with Crippen molar-refractivity contribution in [2.45, 2.75) is 98.8 Å². The zero-order valence-corrected chi connectivity index (χ0v) is 33.7. The number of piperidine rings is 1. The molecule has 51 heavy (non-hydrogen) atoms. The largest absolute Gasteiger partial charge is 0.354 e. The van der Waals surface area contributed by atoms with Gasteiger partial charge < -0.3 is 26.2 Å². The van der Waals surface area contributed by atoms with E-state index in [9.17, 15) is 36.4 Å². The summed E-state index contributed by atoms with van der Waals surface area (Å²) in [6.45, 7) is 15.2. The number of amides is 5. The standard InChI is InChI=1S/C35H55BrF2N6O6S/c1-33(2,3)24(19-43(9)51(10,49)50)41-32(48)42-28(34(4,5)6)31(47)44-18-21-26(35(21,7)8)27(44)30(46)40-23(17-25(37)38)29(45)39-16-15-20-13-11-12-14-22(20)36/h11-14,21,23-28H,15-19H2,1-10H3,(H,39,45)(H,40,46)(H2,41,42,48)/t21-,23-,24+,26-,27-,28+/m0/s1. The third-order valence-corrected chi connectivity index (χ3v) is 12.3. The lowest BCUT2D eigenvalue weighted by atomic mass is 9.85. The molecule has 1 heterocycles. The zero-order chi connectivity index (χ0) is 38.9. The SMILES string of the molecule is CN(C[C@@H](NC(=O)N[C@H](C(=O)N1C[C@H]2[C@@H]([C@H]1C(=O)N[C@@H](CC(F)F)C(=O)NCCc1ccccc1Br)C2(C)C)C(C)(C)C)C(C)(C)C)S(C)(=O)=O. The van der Waals surface area contributed by atoms with Crippen LogP contribution in [0.2, 0.25) is 0 Å². The van der Waals surface area contributed by atoms with Crippen LogP contribution < -0.4 is 21.3 Å². The molecule has 5 amide bonds. The van der Waals surface area contributed by atoms with Gasteiger partial charge in [0.2, 0.25) is 34.2 Å². The Kier molecular flexibility index (Phi) is 13.4. The van der Waals surface area contributed by atoms with Gasteiger partial charge in [0.05, 0.1) is 6.26 Å². The second kappa shape index (κ2) is 16.0. The first kappa shape index (κ1) is 42.6. The fourth-order valence-electron chi connectivity index (χ4n) is 6.70. The first-order valence-electron chi connectivity index (χ1n) is 17.1. The van der Waals surface area contributed by atoms with Crippen LogP contribution in [-0.2, 0) is 30.8 Å². The number of alkyl halides is 2. The molecule has 1 saturated carbocycles. The van der Waals surface area contributed by atoms with Crippen molar-refractivity contribution < 1.29 is 36.4 Å². The predicted octanol–water partition coefficient (Wildman–Crippen LogP) is 3.75. The second-order valence-corrected chi connectivity index (χ2v) is 19.5. The first-order chi connectivity index (χ1) is 23.3. The van der Waals surface area contributed by atoms with Crippen molar-refractivity contribution in [3.05, 3.63) is 34.3 Å². The maximum Gasteiger partial charge on any atom is 0.315 e. The molecule has 0 aromatic heterocycles. The van der Waals surface area contributed by atoms with Gasteiger partial charge in [0, 0.05) is 43.6 Å². The minimum Gasteiger partial charge on any atom is -0.354 e. The number of benzene rings is 1. The third-order valence-electron chi connectivity index (χ3n) is 10.2. The van der Waals surface area contributed by atoms with Crippen LogP contribution in [0.3, 0.4) is 0 Å². The van der Waals surface area contributed by atoms with E-state index in [1.807, 2.05) is 58.9 Å². The normalized spacial score (nSPS) is 21.8. The van der Waals surface area contributed by atoms with E-state index >= 15 is 0 Å². The number of nitrogens with one attached hydrogen (secondary N) is 4. The molecule has 2 fully saturated rings. The average molecular weight is 806 g/mol. The fourth-order valence-corrected chi connectivity index (χ4v) is 7.60. The lowest BCUT2D eigenvalue weighted by Crippen LogP contribution is -2.62. The number of nitrogens with zero attached hydrogens (tertiary/aromatic N) is 2. The Morgan fingerprint density at radius 1 is 1.02 bits per heavy atom. The number of hydrogen-bond donors (Lipinski definition) is 4. The van der Waals surface area contributed by atoms with Crippen LogP contribution in [0.25, 0.3) is 0 Å². The van der Waals surface area contributed by atoms with E-state index in [1.165, 1.54) is 11.9 Å². The highest BCUT2D eigenvalue weighted by Gasteiger charge is 2.70. The molecule has 1 aromatic rings. The molecule has 0 spiro atoms. The maximum atomic E-state index is 14.3. The lowest BCUT2D eigenvalue weighted by Gasteiger charge is -2.39. The van der Waals surface area contributed by atoms with E-state index in [1.54, 1.807) is 20.8 Å². The minimum absolute atomic E-state index is 0.00609. The van der Waals surface area contributed by atoms with Crippen molar-refractivity contribution in [1.82, 2.24) is 30.5 Å². The van der Waals surface area contributed by atoms with Crippen molar-refractivity contribution in [3.63, 3.8) is 0 Å². The second-order valence-electron chi connectivity index (χ2n) is 16.6. The number of likely N-dealkylation sites (N-methyl/N-ethyl adjacent to an activating group) is 1. The summed E-state index contributed by atoms with van der Waals surface area (Å²) in [7, 11) is -2.12. The lowest BCUT2D eigenvalue weighted by molar-refractivity contribution is -0.144. The number of halogens is 3. The van der Waals surface area contributed by atoms with Crippen LogP contribution in [0.1, 0.15) is 67.4 Å². The molecule has 6 atom stereocenters. The Hall–Kier alpha value is -2.85. The predicted molar refractivity (Wildman–Crippen MR) is 195 cm³/mol. The molecule has 0 radical (unpaired) electrons. The smallest absolute Gasteiger partial charge is 0.315 e. The molecule has 0 unspecified atom stereocenters. The van der Waals surface area contributed by atoms with E-state index in [4.69, 9.17) is 0 Å². The van der Waals surface area contributed by atoms with Gasteiger partial charge in [-0.3, -0.25) is 14.4 Å². The number of likely N-dealkylation sites (tertiary alicyclic amines) is 1. The molecule has 0 bridgehead atoms. The molecule has 1 aromatic carbocycles. The van der Waals surface area contributed by atoms with Crippen LogP contribution in [-0.4, -0.2) is 105 Å². The highest BCUT2D eigenvalue weighted by atomic mass is 79.9. The van der Waals surface area contributed by atoms with Gasteiger partial charge >= 0.3 is 6.03 Å². The zero-order valence-electron chi connectivity index (χ0n) is 31.3. The van der Waals surface area contributed by atoms with Gasteiger partial charge in [-0.2, -0.15) is 0 Å². The molecule has 1 saturated heterocycles. The number of fused-ring (bicyclic) bond motifs is 1. The Balaban J connectivity index is 1.80. The van der Waals surface area contributed by atoms with Gasteiger partial charge in [0.1, 0.15) is 18.1 Å². The Morgan fingerprint density at radius 2 is 1.63 bits per heavy atom. The van der Waals surface area contributed by atoms with Gasteiger partial charge in [0.25, 0.3) is 0 Å².